The summed E-state index contributed by atoms with van der Waals surface area (Å²) in [6.07, 6.45) is 0. The molecule has 2 amide bonds. The zero-order valence-corrected chi connectivity index (χ0v) is 14.4. The Morgan fingerprint density at radius 1 is 0.944 bits per heavy atom. The third-order valence-corrected chi connectivity index (χ3v) is 3.33. The molecular formula is C12H14N2O2Te2. The second kappa shape index (κ2) is 8.77. The summed E-state index contributed by atoms with van der Waals surface area (Å²) >= 11 is 3.86. The number of nitrogens with one attached hydrogen (secondary N) is 2. The van der Waals surface area contributed by atoms with Crippen LogP contribution in [0.3, 0.4) is 0 Å². The Morgan fingerprint density at radius 2 is 1.39 bits per heavy atom. The second-order valence-corrected chi connectivity index (χ2v) is 5.83. The van der Waals surface area contributed by atoms with Crippen molar-refractivity contribution in [2.24, 2.45) is 0 Å². The minimum absolute atomic E-state index is 0.135. The fraction of sp³-hybridized carbons (Fsp3) is 0.333. The summed E-state index contributed by atoms with van der Waals surface area (Å²) in [5.74, 6) is -0.270. The minimum atomic E-state index is -0.135. The van der Waals surface area contributed by atoms with Crippen molar-refractivity contribution in [2.75, 3.05) is 13.1 Å². The number of benzene rings is 1. The molecule has 0 spiro atoms. The van der Waals surface area contributed by atoms with Gasteiger partial charge in [-0.25, -0.2) is 0 Å². The van der Waals surface area contributed by atoms with Crippen molar-refractivity contribution in [1.29, 1.82) is 0 Å². The monoisotopic (exact) mass is 478 g/mol. The van der Waals surface area contributed by atoms with Crippen molar-refractivity contribution in [2.45, 2.75) is 8.94 Å². The van der Waals surface area contributed by atoms with Crippen LogP contribution in [-0.4, -0.2) is 69.5 Å². The van der Waals surface area contributed by atoms with E-state index in [-0.39, 0.29) is 11.8 Å². The van der Waals surface area contributed by atoms with Gasteiger partial charge >= 0.3 is 134 Å². The molecule has 1 rings (SSSR count). The molecule has 0 atom stereocenters. The molecule has 0 heterocycles. The first kappa shape index (κ1) is 15.8. The Morgan fingerprint density at radius 3 is 1.78 bits per heavy atom. The van der Waals surface area contributed by atoms with Gasteiger partial charge in [0.2, 0.25) is 0 Å². The van der Waals surface area contributed by atoms with Crippen LogP contribution in [0.15, 0.2) is 24.3 Å². The van der Waals surface area contributed by atoms with Crippen LogP contribution in [0.5, 0.6) is 0 Å². The Bertz CT molecular complexity index is 389. The van der Waals surface area contributed by atoms with Crippen molar-refractivity contribution >= 4 is 56.4 Å². The van der Waals surface area contributed by atoms with E-state index in [9.17, 15) is 9.59 Å². The zero-order chi connectivity index (χ0) is 13.4. The average molecular weight is 473 g/mol. The SMILES string of the molecule is O=C(NCC[Te])c1cccc(C(=O)NCC[Te])c1. The van der Waals surface area contributed by atoms with E-state index in [0.29, 0.717) is 24.2 Å². The summed E-state index contributed by atoms with van der Waals surface area (Å²) in [5, 5.41) is 5.58. The van der Waals surface area contributed by atoms with Crippen LogP contribution in [0, 0.1) is 0 Å². The third-order valence-electron chi connectivity index (χ3n) is 2.16. The normalized spacial score (nSPS) is 9.89. The van der Waals surface area contributed by atoms with Crippen LogP contribution in [0.2, 0.25) is 8.94 Å². The molecule has 0 aliphatic carbocycles. The summed E-state index contributed by atoms with van der Waals surface area (Å²) in [4.78, 5) is 23.5. The van der Waals surface area contributed by atoms with Crippen LogP contribution in [-0.2, 0) is 0 Å². The van der Waals surface area contributed by atoms with Gasteiger partial charge in [-0.1, -0.05) is 0 Å². The van der Waals surface area contributed by atoms with Gasteiger partial charge in [0.1, 0.15) is 0 Å². The molecule has 6 heteroatoms. The molecule has 4 nitrogen and oxygen atoms in total. The van der Waals surface area contributed by atoms with Gasteiger partial charge in [0.25, 0.3) is 0 Å². The van der Waals surface area contributed by atoms with E-state index in [1.807, 2.05) is 44.6 Å². The summed E-state index contributed by atoms with van der Waals surface area (Å²) < 4.78 is 1.80. The van der Waals surface area contributed by atoms with E-state index in [2.05, 4.69) is 10.6 Å². The van der Waals surface area contributed by atoms with Gasteiger partial charge in [-0.15, -0.1) is 0 Å². The summed E-state index contributed by atoms with van der Waals surface area (Å²) in [5.41, 5.74) is 1.05. The predicted molar refractivity (Wildman–Crippen MR) is 72.2 cm³/mol. The molecule has 2 radical (unpaired) electrons. The van der Waals surface area contributed by atoms with Crippen molar-refractivity contribution < 1.29 is 9.59 Å². The van der Waals surface area contributed by atoms with Gasteiger partial charge < -0.3 is 0 Å². The van der Waals surface area contributed by atoms with Crippen LogP contribution < -0.4 is 10.6 Å². The van der Waals surface area contributed by atoms with Crippen molar-refractivity contribution in [3.05, 3.63) is 35.4 Å². The number of carbonyl (C=O) groups excluding carboxylic acids is 2. The first-order valence-corrected chi connectivity index (χ1v) is 8.81. The predicted octanol–water partition coefficient (Wildman–Crippen LogP) is 0.320. The fourth-order valence-corrected chi connectivity index (χ4v) is 1.92. The van der Waals surface area contributed by atoms with E-state index in [4.69, 9.17) is 0 Å². The second-order valence-electron chi connectivity index (χ2n) is 3.50. The van der Waals surface area contributed by atoms with Gasteiger partial charge in [-0.05, 0) is 0 Å². The average Bonchev–Trinajstić information content (AvgIpc) is 2.42. The van der Waals surface area contributed by atoms with Crippen molar-refractivity contribution in [3.63, 3.8) is 0 Å². The number of rotatable bonds is 6. The van der Waals surface area contributed by atoms with Gasteiger partial charge in [-0.2, -0.15) is 0 Å². The molecular weight excluding hydrogens is 459 g/mol. The van der Waals surface area contributed by atoms with E-state index in [0.717, 1.165) is 8.94 Å². The molecule has 0 aliphatic heterocycles. The van der Waals surface area contributed by atoms with E-state index in [1.165, 1.54) is 0 Å². The first-order chi connectivity index (χ1) is 8.69. The van der Waals surface area contributed by atoms with Crippen molar-refractivity contribution in [3.8, 4) is 0 Å². The Balaban J connectivity index is 2.72. The van der Waals surface area contributed by atoms with Gasteiger partial charge in [0.15, 0.2) is 0 Å². The zero-order valence-electron chi connectivity index (χ0n) is 9.77. The van der Waals surface area contributed by atoms with Crippen molar-refractivity contribution in [1.82, 2.24) is 10.6 Å². The number of amides is 2. The van der Waals surface area contributed by atoms with E-state index >= 15 is 0 Å². The van der Waals surface area contributed by atoms with E-state index < -0.39 is 0 Å². The summed E-state index contributed by atoms with van der Waals surface area (Å²) in [6.45, 7) is 1.30. The van der Waals surface area contributed by atoms with Crippen LogP contribution in [0.25, 0.3) is 0 Å². The molecule has 0 unspecified atom stereocenters. The third kappa shape index (κ3) is 5.16. The molecule has 2 N–H and O–H groups in total. The molecule has 96 valence electrons. The Kier molecular flexibility index (Phi) is 7.70. The van der Waals surface area contributed by atoms with Crippen LogP contribution in [0.4, 0.5) is 0 Å². The topological polar surface area (TPSA) is 58.2 Å². The molecule has 0 aliphatic rings. The molecule has 0 aromatic heterocycles. The maximum absolute atomic E-state index is 11.8. The van der Waals surface area contributed by atoms with E-state index in [1.54, 1.807) is 24.3 Å². The maximum atomic E-state index is 11.8. The summed E-state index contributed by atoms with van der Waals surface area (Å²) in [7, 11) is 0. The standard InChI is InChI=1S/C12H14N2O2Te2/c15-11(13-4-6-17)9-2-1-3-10(8-9)12(16)14-5-7-18/h1-3,8H,4-7H2,(H,13,15)(H,14,16). The molecule has 18 heavy (non-hydrogen) atoms. The van der Waals surface area contributed by atoms with Crippen LogP contribution >= 0.6 is 0 Å². The Labute approximate surface area is 133 Å². The molecule has 1 aromatic rings. The first-order valence-electron chi connectivity index (χ1n) is 5.51. The summed E-state index contributed by atoms with van der Waals surface area (Å²) in [6, 6.07) is 6.77. The number of hydrogen-bond donors (Lipinski definition) is 2. The number of hydrogen-bond acceptors (Lipinski definition) is 2. The van der Waals surface area contributed by atoms with Gasteiger partial charge in [0, 0.05) is 0 Å². The van der Waals surface area contributed by atoms with Gasteiger partial charge in [-0.3, -0.25) is 0 Å². The molecule has 0 bridgehead atoms. The number of carbonyl (C=O) groups is 2. The molecule has 0 saturated carbocycles. The van der Waals surface area contributed by atoms with Crippen LogP contribution in [0.1, 0.15) is 20.7 Å². The molecule has 0 saturated heterocycles. The molecule has 0 fully saturated rings. The molecule has 1 aromatic carbocycles. The fourth-order valence-electron chi connectivity index (χ4n) is 1.33. The Hall–Kier alpha value is -0.261. The quantitative estimate of drug-likeness (QED) is 0.585. The van der Waals surface area contributed by atoms with Gasteiger partial charge in [0.05, 0.1) is 0 Å².